The van der Waals surface area contributed by atoms with Crippen LogP contribution in [0.25, 0.3) is 11.1 Å². The maximum absolute atomic E-state index is 13.7. The van der Waals surface area contributed by atoms with Gasteiger partial charge in [-0.1, -0.05) is 71.7 Å². The summed E-state index contributed by atoms with van der Waals surface area (Å²) in [6.45, 7) is 0.579. The first-order chi connectivity index (χ1) is 16.1. The third-order valence-corrected chi connectivity index (χ3v) is 6.25. The van der Waals surface area contributed by atoms with E-state index in [1.807, 2.05) is 55.0 Å². The predicted octanol–water partition coefficient (Wildman–Crippen LogP) is 7.48. The van der Waals surface area contributed by atoms with Crippen molar-refractivity contribution in [1.29, 1.82) is 0 Å². The fraction of sp³-hybridized carbons (Fsp3) is 0.0741. The van der Waals surface area contributed by atoms with E-state index in [0.717, 1.165) is 27.8 Å². The van der Waals surface area contributed by atoms with Crippen molar-refractivity contribution in [3.63, 3.8) is 0 Å². The second-order valence-electron chi connectivity index (χ2n) is 7.87. The number of benzene rings is 3. The molecule has 1 atom stereocenters. The molecule has 5 rings (SSSR count). The van der Waals surface area contributed by atoms with Gasteiger partial charge >= 0.3 is 0 Å². The summed E-state index contributed by atoms with van der Waals surface area (Å²) in [6.07, 6.45) is 9.76. The topological polar surface area (TPSA) is 22.8 Å². The normalized spacial score (nSPS) is 12.1. The summed E-state index contributed by atoms with van der Waals surface area (Å²) in [4.78, 5) is 4.28. The Hall–Kier alpha value is -3.34. The summed E-state index contributed by atoms with van der Waals surface area (Å²) >= 11 is 12.5. The average Bonchev–Trinajstić information content (AvgIpc) is 3.48. The Morgan fingerprint density at radius 2 is 1.70 bits per heavy atom. The molecular weight excluding hydrogens is 456 g/mol. The molecule has 0 fully saturated rings. The van der Waals surface area contributed by atoms with Crippen molar-refractivity contribution in [3.8, 4) is 11.1 Å². The smallest absolute Gasteiger partial charge is 0.123 e. The second-order valence-corrected chi connectivity index (χ2v) is 8.71. The van der Waals surface area contributed by atoms with Crippen molar-refractivity contribution in [2.75, 3.05) is 0 Å². The zero-order valence-electron chi connectivity index (χ0n) is 17.6. The Balaban J connectivity index is 1.66. The molecule has 0 aliphatic heterocycles. The number of halogens is 3. The lowest BCUT2D eigenvalue weighted by Gasteiger charge is -2.20. The highest BCUT2D eigenvalue weighted by Gasteiger charge is 2.22. The van der Waals surface area contributed by atoms with Crippen LogP contribution in [0.1, 0.15) is 22.7 Å². The maximum Gasteiger partial charge on any atom is 0.123 e. The van der Waals surface area contributed by atoms with Crippen LogP contribution >= 0.6 is 23.2 Å². The maximum atomic E-state index is 13.7. The molecule has 0 amide bonds. The van der Waals surface area contributed by atoms with E-state index < -0.39 is 0 Å². The molecule has 0 aliphatic carbocycles. The first-order valence-electron chi connectivity index (χ1n) is 10.5. The van der Waals surface area contributed by atoms with Crippen LogP contribution in [-0.4, -0.2) is 14.1 Å². The molecule has 0 saturated carbocycles. The summed E-state index contributed by atoms with van der Waals surface area (Å²) in [6, 6.07) is 22.3. The van der Waals surface area contributed by atoms with E-state index in [4.69, 9.17) is 23.2 Å². The van der Waals surface area contributed by atoms with Crippen molar-refractivity contribution in [2.24, 2.45) is 0 Å². The molecule has 2 heterocycles. The van der Waals surface area contributed by atoms with Crippen LogP contribution in [0, 0.1) is 5.82 Å². The van der Waals surface area contributed by atoms with Crippen LogP contribution < -0.4 is 0 Å². The summed E-state index contributed by atoms with van der Waals surface area (Å²) in [5.74, 6) is -0.262. The van der Waals surface area contributed by atoms with Crippen molar-refractivity contribution < 1.29 is 4.39 Å². The molecule has 1 unspecified atom stereocenters. The fourth-order valence-electron chi connectivity index (χ4n) is 4.12. The van der Waals surface area contributed by atoms with Crippen LogP contribution in [0.2, 0.25) is 10.0 Å². The highest BCUT2D eigenvalue weighted by atomic mass is 35.5. The number of aromatic nitrogens is 3. The predicted molar refractivity (Wildman–Crippen MR) is 131 cm³/mol. The Kier molecular flexibility index (Phi) is 6.03. The van der Waals surface area contributed by atoms with E-state index in [9.17, 15) is 4.39 Å². The minimum absolute atomic E-state index is 0.101. The third kappa shape index (κ3) is 4.58. The first-order valence-corrected chi connectivity index (χ1v) is 11.3. The van der Waals surface area contributed by atoms with Crippen molar-refractivity contribution >= 4 is 23.2 Å². The van der Waals surface area contributed by atoms with Gasteiger partial charge in [0.1, 0.15) is 5.82 Å². The van der Waals surface area contributed by atoms with E-state index in [2.05, 4.69) is 38.6 Å². The molecule has 0 radical (unpaired) electrons. The van der Waals surface area contributed by atoms with Gasteiger partial charge in [0, 0.05) is 52.5 Å². The molecule has 2 aromatic heterocycles. The highest BCUT2D eigenvalue weighted by Crippen LogP contribution is 2.36. The molecule has 6 heteroatoms. The number of rotatable bonds is 6. The van der Waals surface area contributed by atoms with Crippen molar-refractivity contribution in [2.45, 2.75) is 12.6 Å². The molecule has 0 aliphatic rings. The lowest BCUT2D eigenvalue weighted by molar-refractivity contribution is 0.628. The van der Waals surface area contributed by atoms with Gasteiger partial charge in [-0.3, -0.25) is 0 Å². The van der Waals surface area contributed by atoms with Crippen LogP contribution in [0.4, 0.5) is 4.39 Å². The van der Waals surface area contributed by atoms with Gasteiger partial charge in [0.15, 0.2) is 0 Å². The Labute approximate surface area is 201 Å². The van der Waals surface area contributed by atoms with Gasteiger partial charge in [0.05, 0.1) is 12.4 Å². The molecular formula is C27H20Cl2FN3. The zero-order valence-corrected chi connectivity index (χ0v) is 19.1. The molecule has 0 saturated heterocycles. The molecule has 0 N–H and O–H groups in total. The van der Waals surface area contributed by atoms with Crippen molar-refractivity contribution in [3.05, 3.63) is 136 Å². The van der Waals surface area contributed by atoms with E-state index in [1.54, 1.807) is 12.3 Å². The summed E-state index contributed by atoms with van der Waals surface area (Å²) in [5.41, 5.74) is 5.13. The number of imidazole rings is 1. The van der Waals surface area contributed by atoms with E-state index >= 15 is 0 Å². The zero-order chi connectivity index (χ0) is 22.8. The quantitative estimate of drug-likeness (QED) is 0.249. The van der Waals surface area contributed by atoms with Gasteiger partial charge in [0.25, 0.3) is 0 Å². The van der Waals surface area contributed by atoms with E-state index in [-0.39, 0.29) is 11.9 Å². The molecule has 5 aromatic rings. The van der Waals surface area contributed by atoms with Gasteiger partial charge < -0.3 is 9.13 Å². The monoisotopic (exact) mass is 475 g/mol. The van der Waals surface area contributed by atoms with Crippen molar-refractivity contribution in [1.82, 2.24) is 14.1 Å². The molecule has 0 spiro atoms. The van der Waals surface area contributed by atoms with Gasteiger partial charge in [-0.15, -0.1) is 0 Å². The van der Waals surface area contributed by atoms with E-state index in [0.29, 0.717) is 16.6 Å². The minimum Gasteiger partial charge on any atom is -0.349 e. The Bertz CT molecular complexity index is 1360. The van der Waals surface area contributed by atoms with Crippen LogP contribution in [-0.2, 0) is 6.54 Å². The Morgan fingerprint density at radius 1 is 0.909 bits per heavy atom. The first kappa shape index (κ1) is 21.5. The van der Waals surface area contributed by atoms with Crippen LogP contribution in [0.15, 0.2) is 104 Å². The SMILES string of the molecule is Fc1ccc(-c2cn(Cc3ccc(Cl)cc3Cl)cc2C(c2ccccc2)n2ccnc2)cc1. The molecule has 164 valence electrons. The van der Waals surface area contributed by atoms with Gasteiger partial charge in [-0.2, -0.15) is 0 Å². The largest absolute Gasteiger partial charge is 0.349 e. The fourth-order valence-corrected chi connectivity index (χ4v) is 4.59. The average molecular weight is 476 g/mol. The van der Waals surface area contributed by atoms with Crippen LogP contribution in [0.3, 0.4) is 0 Å². The molecule has 3 aromatic carbocycles. The summed E-state index contributed by atoms with van der Waals surface area (Å²) in [7, 11) is 0. The summed E-state index contributed by atoms with van der Waals surface area (Å²) < 4.78 is 17.9. The third-order valence-electron chi connectivity index (χ3n) is 5.67. The standard InChI is InChI=1S/C27H20Cl2FN3/c28-22-9-6-21(26(29)14-22)15-32-16-24(19-7-10-23(30)11-8-19)25(17-32)27(33-13-12-31-18-33)20-4-2-1-3-5-20/h1-14,16-18,27H,15H2. The van der Waals surface area contributed by atoms with Gasteiger partial charge in [-0.05, 0) is 41.0 Å². The lowest BCUT2D eigenvalue weighted by Crippen LogP contribution is -2.11. The number of nitrogens with zero attached hydrogens (tertiary/aromatic N) is 3. The van der Waals surface area contributed by atoms with Gasteiger partial charge in [-0.25, -0.2) is 9.37 Å². The molecule has 0 bridgehead atoms. The molecule has 3 nitrogen and oxygen atoms in total. The lowest BCUT2D eigenvalue weighted by atomic mass is 9.94. The molecule has 33 heavy (non-hydrogen) atoms. The van der Waals surface area contributed by atoms with Gasteiger partial charge in [0.2, 0.25) is 0 Å². The number of hydrogen-bond acceptors (Lipinski definition) is 1. The second kappa shape index (κ2) is 9.26. The minimum atomic E-state index is -0.262. The van der Waals surface area contributed by atoms with E-state index in [1.165, 1.54) is 12.1 Å². The Morgan fingerprint density at radius 3 is 2.39 bits per heavy atom. The highest BCUT2D eigenvalue weighted by molar-refractivity contribution is 6.35. The summed E-state index contributed by atoms with van der Waals surface area (Å²) in [5, 5.41) is 1.23. The van der Waals surface area contributed by atoms with Crippen LogP contribution in [0.5, 0.6) is 0 Å². The number of hydrogen-bond donors (Lipinski definition) is 0.